The van der Waals surface area contributed by atoms with Crippen LogP contribution in [0, 0.1) is 0 Å². The molecule has 2 rings (SSSR count). The van der Waals surface area contributed by atoms with Gasteiger partial charge in [0.1, 0.15) is 5.75 Å². The Labute approximate surface area is 129 Å². The van der Waals surface area contributed by atoms with E-state index in [-0.39, 0.29) is 32.6 Å². The third-order valence-electron chi connectivity index (χ3n) is 2.63. The monoisotopic (exact) mass is 325 g/mol. The zero-order chi connectivity index (χ0) is 15.6. The Hall–Kier alpha value is -2.24. The SMILES string of the molecule is O=C(Nc1c(Cl)cc(Cl)cc1C(=O)O)c1cccc(O)c1. The molecule has 0 radical (unpaired) electrons. The van der Waals surface area contributed by atoms with Crippen molar-refractivity contribution in [1.29, 1.82) is 0 Å². The molecule has 5 nitrogen and oxygen atoms in total. The van der Waals surface area contributed by atoms with E-state index in [1.165, 1.54) is 36.4 Å². The Morgan fingerprint density at radius 1 is 1.10 bits per heavy atom. The smallest absolute Gasteiger partial charge is 0.337 e. The van der Waals surface area contributed by atoms with Gasteiger partial charge in [0.25, 0.3) is 5.91 Å². The van der Waals surface area contributed by atoms with Gasteiger partial charge < -0.3 is 15.5 Å². The number of carboxylic acids is 1. The van der Waals surface area contributed by atoms with Crippen LogP contribution in [0.3, 0.4) is 0 Å². The molecular formula is C14H9Cl2NO4. The van der Waals surface area contributed by atoms with Crippen LogP contribution in [-0.4, -0.2) is 22.1 Å². The molecule has 0 atom stereocenters. The summed E-state index contributed by atoms with van der Waals surface area (Å²) in [5, 5.41) is 21.0. The van der Waals surface area contributed by atoms with Gasteiger partial charge in [0.2, 0.25) is 0 Å². The number of nitrogens with one attached hydrogen (secondary N) is 1. The van der Waals surface area contributed by atoms with Crippen molar-refractivity contribution in [3.05, 3.63) is 57.6 Å². The fraction of sp³-hybridized carbons (Fsp3) is 0. The van der Waals surface area contributed by atoms with E-state index in [0.29, 0.717) is 0 Å². The summed E-state index contributed by atoms with van der Waals surface area (Å²) in [6.45, 7) is 0. The van der Waals surface area contributed by atoms with Gasteiger partial charge in [-0.25, -0.2) is 4.79 Å². The van der Waals surface area contributed by atoms with E-state index < -0.39 is 11.9 Å². The maximum Gasteiger partial charge on any atom is 0.337 e. The second-order valence-electron chi connectivity index (χ2n) is 4.12. The molecule has 2 aromatic carbocycles. The highest BCUT2D eigenvalue weighted by Gasteiger charge is 2.18. The van der Waals surface area contributed by atoms with Crippen molar-refractivity contribution >= 4 is 40.8 Å². The van der Waals surface area contributed by atoms with Gasteiger partial charge in [-0.3, -0.25) is 4.79 Å². The van der Waals surface area contributed by atoms with E-state index in [9.17, 15) is 14.7 Å². The van der Waals surface area contributed by atoms with Crippen molar-refractivity contribution in [1.82, 2.24) is 0 Å². The Morgan fingerprint density at radius 3 is 2.43 bits per heavy atom. The molecule has 0 unspecified atom stereocenters. The molecule has 0 aliphatic carbocycles. The second kappa shape index (κ2) is 6.03. The minimum absolute atomic E-state index is 0.00778. The Kier molecular flexibility index (Phi) is 4.35. The maximum absolute atomic E-state index is 12.1. The molecule has 0 saturated heterocycles. The lowest BCUT2D eigenvalue weighted by atomic mass is 10.1. The number of carboxylic acid groups (broad SMARTS) is 1. The molecule has 7 heteroatoms. The number of amides is 1. The topological polar surface area (TPSA) is 86.6 Å². The second-order valence-corrected chi connectivity index (χ2v) is 4.96. The summed E-state index contributed by atoms with van der Waals surface area (Å²) in [6.07, 6.45) is 0. The van der Waals surface area contributed by atoms with Crippen LogP contribution in [-0.2, 0) is 0 Å². The average molecular weight is 326 g/mol. The summed E-state index contributed by atoms with van der Waals surface area (Å²) in [4.78, 5) is 23.3. The number of halogens is 2. The average Bonchev–Trinajstić information content (AvgIpc) is 2.41. The number of aromatic hydroxyl groups is 1. The summed E-state index contributed by atoms with van der Waals surface area (Å²) >= 11 is 11.7. The highest BCUT2D eigenvalue weighted by atomic mass is 35.5. The van der Waals surface area contributed by atoms with Crippen LogP contribution >= 0.6 is 23.2 Å². The third kappa shape index (κ3) is 3.45. The molecule has 0 bridgehead atoms. The van der Waals surface area contributed by atoms with Crippen LogP contribution in [0.15, 0.2) is 36.4 Å². The van der Waals surface area contributed by atoms with Gasteiger partial charge >= 0.3 is 5.97 Å². The summed E-state index contributed by atoms with van der Waals surface area (Å²) in [5.41, 5.74) is -0.111. The lowest BCUT2D eigenvalue weighted by molar-refractivity contribution is 0.0698. The number of hydrogen-bond acceptors (Lipinski definition) is 3. The highest BCUT2D eigenvalue weighted by Crippen LogP contribution is 2.30. The number of rotatable bonds is 3. The van der Waals surface area contributed by atoms with Gasteiger partial charge in [0, 0.05) is 10.6 Å². The molecule has 0 fully saturated rings. The van der Waals surface area contributed by atoms with Crippen molar-refractivity contribution in [2.45, 2.75) is 0 Å². The molecule has 3 N–H and O–H groups in total. The van der Waals surface area contributed by atoms with Gasteiger partial charge in [-0.15, -0.1) is 0 Å². The minimum Gasteiger partial charge on any atom is -0.508 e. The van der Waals surface area contributed by atoms with Gasteiger partial charge in [0.05, 0.1) is 16.3 Å². The van der Waals surface area contributed by atoms with Crippen molar-refractivity contribution in [3.63, 3.8) is 0 Å². The number of phenols is 1. The van der Waals surface area contributed by atoms with Crippen molar-refractivity contribution in [2.24, 2.45) is 0 Å². The molecule has 0 aliphatic rings. The van der Waals surface area contributed by atoms with E-state index in [1.807, 2.05) is 0 Å². The van der Waals surface area contributed by atoms with Gasteiger partial charge in [-0.05, 0) is 30.3 Å². The highest BCUT2D eigenvalue weighted by molar-refractivity contribution is 6.38. The summed E-state index contributed by atoms with van der Waals surface area (Å²) in [5.74, 6) is -1.95. The zero-order valence-electron chi connectivity index (χ0n) is 10.4. The molecular weight excluding hydrogens is 317 g/mol. The van der Waals surface area contributed by atoms with Crippen LogP contribution in [0.2, 0.25) is 10.0 Å². The van der Waals surface area contributed by atoms with E-state index in [2.05, 4.69) is 5.32 Å². The lowest BCUT2D eigenvalue weighted by Gasteiger charge is -2.11. The largest absolute Gasteiger partial charge is 0.508 e. The predicted octanol–water partition coefficient (Wildman–Crippen LogP) is 3.65. The number of anilines is 1. The molecule has 0 spiro atoms. The van der Waals surface area contributed by atoms with Crippen LogP contribution in [0.1, 0.15) is 20.7 Å². The first-order valence-electron chi connectivity index (χ1n) is 5.71. The third-order valence-corrected chi connectivity index (χ3v) is 3.15. The van der Waals surface area contributed by atoms with Gasteiger partial charge in [-0.1, -0.05) is 29.3 Å². The Bertz CT molecular complexity index is 731. The first kappa shape index (κ1) is 15.2. The molecule has 2 aromatic rings. The van der Waals surface area contributed by atoms with E-state index in [4.69, 9.17) is 28.3 Å². The normalized spacial score (nSPS) is 10.2. The molecule has 0 aromatic heterocycles. The van der Waals surface area contributed by atoms with Crippen LogP contribution in [0.5, 0.6) is 5.75 Å². The van der Waals surface area contributed by atoms with Crippen LogP contribution < -0.4 is 5.32 Å². The Morgan fingerprint density at radius 2 is 1.81 bits per heavy atom. The summed E-state index contributed by atoms with van der Waals surface area (Å²) < 4.78 is 0. The quantitative estimate of drug-likeness (QED) is 0.803. The van der Waals surface area contributed by atoms with E-state index >= 15 is 0 Å². The van der Waals surface area contributed by atoms with Crippen LogP contribution in [0.25, 0.3) is 0 Å². The molecule has 21 heavy (non-hydrogen) atoms. The fourth-order valence-corrected chi connectivity index (χ4v) is 2.24. The number of aromatic carboxylic acids is 1. The summed E-state index contributed by atoms with van der Waals surface area (Å²) in [7, 11) is 0. The van der Waals surface area contributed by atoms with Gasteiger partial charge in [0.15, 0.2) is 0 Å². The zero-order valence-corrected chi connectivity index (χ0v) is 11.9. The van der Waals surface area contributed by atoms with Crippen molar-refractivity contribution in [2.75, 3.05) is 5.32 Å². The lowest BCUT2D eigenvalue weighted by Crippen LogP contribution is -2.15. The minimum atomic E-state index is -1.27. The fourth-order valence-electron chi connectivity index (χ4n) is 1.70. The standard InChI is InChI=1S/C14H9Cl2NO4/c15-8-5-10(14(20)21)12(11(16)6-8)17-13(19)7-2-1-3-9(18)4-7/h1-6,18H,(H,17,19)(H,20,21). The van der Waals surface area contributed by atoms with E-state index in [1.54, 1.807) is 0 Å². The molecule has 0 saturated carbocycles. The van der Waals surface area contributed by atoms with E-state index in [0.717, 1.165) is 0 Å². The number of carbonyl (C=O) groups is 2. The number of carbonyl (C=O) groups excluding carboxylic acids is 1. The predicted molar refractivity (Wildman–Crippen MR) is 79.5 cm³/mol. The Balaban J connectivity index is 2.39. The number of phenolic OH excluding ortho intramolecular Hbond substituents is 1. The molecule has 1 amide bonds. The molecule has 0 aliphatic heterocycles. The van der Waals surface area contributed by atoms with Gasteiger partial charge in [-0.2, -0.15) is 0 Å². The number of benzene rings is 2. The molecule has 108 valence electrons. The first-order chi connectivity index (χ1) is 9.88. The van der Waals surface area contributed by atoms with Crippen LogP contribution in [0.4, 0.5) is 5.69 Å². The van der Waals surface area contributed by atoms with Crippen molar-refractivity contribution in [3.8, 4) is 5.75 Å². The number of hydrogen-bond donors (Lipinski definition) is 3. The van der Waals surface area contributed by atoms with Crippen molar-refractivity contribution < 1.29 is 19.8 Å². The first-order valence-corrected chi connectivity index (χ1v) is 6.47. The maximum atomic E-state index is 12.1. The molecule has 0 heterocycles. The summed E-state index contributed by atoms with van der Waals surface area (Å²) in [6, 6.07) is 8.14.